The van der Waals surface area contributed by atoms with Crippen LogP contribution in [0.1, 0.15) is 15.9 Å². The number of hydrogen-bond donors (Lipinski definition) is 5. The van der Waals surface area contributed by atoms with E-state index in [1.807, 2.05) is 31.2 Å². The fourth-order valence-electron chi connectivity index (χ4n) is 3.47. The lowest BCUT2D eigenvalue weighted by molar-refractivity contribution is -0.274. The molecule has 1 heterocycles. The second-order valence-electron chi connectivity index (χ2n) is 7.86. The Kier molecular flexibility index (Phi) is 7.00. The third-order valence-electron chi connectivity index (χ3n) is 5.18. The molecule has 0 spiro atoms. The van der Waals surface area contributed by atoms with Crippen LogP contribution in [-0.2, 0) is 0 Å². The van der Waals surface area contributed by atoms with E-state index in [1.54, 1.807) is 24.3 Å². The van der Waals surface area contributed by atoms with E-state index < -0.39 is 24.1 Å². The van der Waals surface area contributed by atoms with Crippen LogP contribution in [0.5, 0.6) is 5.75 Å². The average molecular weight is 510 g/mol. The number of primary amides is 1. The number of para-hydroxylation sites is 1. The van der Waals surface area contributed by atoms with Gasteiger partial charge in [0.05, 0.1) is 0 Å². The van der Waals surface area contributed by atoms with Gasteiger partial charge in [0, 0.05) is 22.6 Å². The molecule has 0 saturated carbocycles. The molecule has 9 nitrogen and oxygen atoms in total. The molecule has 4 aromatic rings. The van der Waals surface area contributed by atoms with Crippen LogP contribution < -0.4 is 26.4 Å². The van der Waals surface area contributed by atoms with Crippen molar-refractivity contribution in [1.29, 1.82) is 0 Å². The van der Waals surface area contributed by atoms with Gasteiger partial charge in [0.15, 0.2) is 0 Å². The summed E-state index contributed by atoms with van der Waals surface area (Å²) in [4.78, 5) is 24.5. The number of aryl methyl sites for hydroxylation is 1. The molecule has 0 fully saturated rings. The maximum atomic E-state index is 12.3. The van der Waals surface area contributed by atoms with E-state index in [9.17, 15) is 22.8 Å². The number of anilines is 4. The van der Waals surface area contributed by atoms with Crippen molar-refractivity contribution >= 4 is 34.8 Å². The quantitative estimate of drug-likeness (QED) is 0.215. The fourth-order valence-corrected chi connectivity index (χ4v) is 3.47. The first kappa shape index (κ1) is 25.1. The Bertz CT molecular complexity index is 1420. The number of H-pyrrole nitrogens is 1. The molecule has 1 aromatic heterocycles. The van der Waals surface area contributed by atoms with Crippen molar-refractivity contribution < 1.29 is 27.5 Å². The molecule has 0 aliphatic carbocycles. The number of nitrogens with two attached hydrogens (primary N) is 1. The van der Waals surface area contributed by atoms with Crippen molar-refractivity contribution in [3.63, 3.8) is 0 Å². The van der Waals surface area contributed by atoms with Crippen LogP contribution in [0.2, 0.25) is 0 Å². The number of aromatic amines is 1. The Balaban J connectivity index is 1.44. The Hall–Kier alpha value is -5.00. The highest BCUT2D eigenvalue weighted by atomic mass is 19.4. The van der Waals surface area contributed by atoms with Crippen molar-refractivity contribution in [2.45, 2.75) is 13.3 Å². The SMILES string of the molecule is Cc1ccccc1Nc1[nH]nc(-c2ccc(NC(=O)Nc3ccc(OC(F)(F)F)cc3)cc2)c1C(N)=O. The summed E-state index contributed by atoms with van der Waals surface area (Å²) in [6.07, 6.45) is -4.80. The number of carbonyl (C=O) groups is 2. The van der Waals surface area contributed by atoms with Crippen LogP contribution in [0.4, 0.5) is 40.8 Å². The van der Waals surface area contributed by atoms with E-state index in [4.69, 9.17) is 5.73 Å². The van der Waals surface area contributed by atoms with Crippen LogP contribution in [0.15, 0.2) is 72.8 Å². The monoisotopic (exact) mass is 510 g/mol. The Morgan fingerprint density at radius 3 is 2.08 bits per heavy atom. The zero-order chi connectivity index (χ0) is 26.6. The number of aromatic nitrogens is 2. The van der Waals surface area contributed by atoms with Crippen LogP contribution >= 0.6 is 0 Å². The molecule has 0 aliphatic rings. The number of nitrogens with one attached hydrogen (secondary N) is 4. The summed E-state index contributed by atoms with van der Waals surface area (Å²) in [5.41, 5.74) is 9.16. The highest BCUT2D eigenvalue weighted by molar-refractivity contribution is 6.04. The third-order valence-corrected chi connectivity index (χ3v) is 5.18. The Morgan fingerprint density at radius 1 is 0.919 bits per heavy atom. The van der Waals surface area contributed by atoms with E-state index in [0.717, 1.165) is 23.4 Å². The van der Waals surface area contributed by atoms with Crippen LogP contribution in [0, 0.1) is 6.92 Å². The summed E-state index contributed by atoms with van der Waals surface area (Å²) in [5, 5.41) is 15.3. The molecule has 3 amide bonds. The molecule has 3 aromatic carbocycles. The summed E-state index contributed by atoms with van der Waals surface area (Å²) < 4.78 is 40.6. The summed E-state index contributed by atoms with van der Waals surface area (Å²) >= 11 is 0. The average Bonchev–Trinajstić information content (AvgIpc) is 3.25. The number of halogens is 3. The van der Waals surface area contributed by atoms with Gasteiger partial charge in [-0.05, 0) is 55.0 Å². The highest BCUT2D eigenvalue weighted by Crippen LogP contribution is 2.30. The first-order valence-corrected chi connectivity index (χ1v) is 10.8. The molecular weight excluding hydrogens is 489 g/mol. The van der Waals surface area contributed by atoms with E-state index in [0.29, 0.717) is 22.8 Å². The normalized spacial score (nSPS) is 11.0. The van der Waals surface area contributed by atoms with Crippen molar-refractivity contribution in [3.05, 3.63) is 83.9 Å². The van der Waals surface area contributed by atoms with Gasteiger partial charge in [-0.15, -0.1) is 13.2 Å². The lowest BCUT2D eigenvalue weighted by Gasteiger charge is -2.11. The maximum Gasteiger partial charge on any atom is 0.573 e. The Morgan fingerprint density at radius 2 is 1.51 bits per heavy atom. The summed E-state index contributed by atoms with van der Waals surface area (Å²) in [6, 6.07) is 18.1. The molecule has 37 heavy (non-hydrogen) atoms. The number of hydrogen-bond acceptors (Lipinski definition) is 5. The minimum atomic E-state index is -4.80. The minimum absolute atomic E-state index is 0.180. The van der Waals surface area contributed by atoms with Crippen molar-refractivity contribution in [2.75, 3.05) is 16.0 Å². The van der Waals surface area contributed by atoms with Crippen molar-refractivity contribution in [3.8, 4) is 17.0 Å². The number of amides is 3. The lowest BCUT2D eigenvalue weighted by atomic mass is 10.1. The van der Waals surface area contributed by atoms with Gasteiger partial charge >= 0.3 is 12.4 Å². The molecule has 12 heteroatoms. The second kappa shape index (κ2) is 10.3. The van der Waals surface area contributed by atoms with E-state index in [1.165, 1.54) is 12.1 Å². The number of carbonyl (C=O) groups excluding carboxylic acids is 2. The molecule has 0 atom stereocenters. The molecule has 190 valence electrons. The van der Waals surface area contributed by atoms with Gasteiger partial charge in [0.1, 0.15) is 22.8 Å². The number of alkyl halides is 3. The maximum absolute atomic E-state index is 12.3. The molecule has 4 rings (SSSR count). The molecule has 0 unspecified atom stereocenters. The summed E-state index contributed by atoms with van der Waals surface area (Å²) in [7, 11) is 0. The lowest BCUT2D eigenvalue weighted by Crippen LogP contribution is -2.19. The van der Waals surface area contributed by atoms with E-state index in [-0.39, 0.29) is 11.3 Å². The van der Waals surface area contributed by atoms with Gasteiger partial charge in [0.25, 0.3) is 5.91 Å². The standard InChI is InChI=1S/C25H21F3N6O3/c1-14-4-2-3-5-19(14)32-23-20(22(29)35)21(33-34-23)15-6-8-16(9-7-15)30-24(36)31-17-10-12-18(13-11-17)37-25(26,27)28/h2-13H,1H3,(H2,29,35)(H2,30,31,36)(H2,32,33,34). The first-order chi connectivity index (χ1) is 17.6. The highest BCUT2D eigenvalue weighted by Gasteiger charge is 2.31. The number of urea groups is 1. The first-order valence-electron chi connectivity index (χ1n) is 10.8. The molecule has 0 saturated heterocycles. The molecular formula is C25H21F3N6O3. The predicted octanol–water partition coefficient (Wildman–Crippen LogP) is 5.77. The Labute approximate surface area is 208 Å². The largest absolute Gasteiger partial charge is 0.573 e. The smallest absolute Gasteiger partial charge is 0.406 e. The number of nitrogens with zero attached hydrogens (tertiary/aromatic N) is 1. The zero-order valence-electron chi connectivity index (χ0n) is 19.3. The van der Waals surface area contributed by atoms with E-state index >= 15 is 0 Å². The minimum Gasteiger partial charge on any atom is -0.406 e. The summed E-state index contributed by atoms with van der Waals surface area (Å²) in [6.45, 7) is 1.92. The van der Waals surface area contributed by atoms with Crippen LogP contribution in [-0.4, -0.2) is 28.5 Å². The number of rotatable bonds is 7. The second-order valence-corrected chi connectivity index (χ2v) is 7.86. The molecule has 0 bridgehead atoms. The van der Waals surface area contributed by atoms with Gasteiger partial charge in [-0.1, -0.05) is 30.3 Å². The van der Waals surface area contributed by atoms with Gasteiger partial charge in [0.2, 0.25) is 0 Å². The third kappa shape index (κ3) is 6.36. The van der Waals surface area contributed by atoms with Crippen LogP contribution in [0.3, 0.4) is 0 Å². The fraction of sp³-hybridized carbons (Fsp3) is 0.0800. The van der Waals surface area contributed by atoms with Gasteiger partial charge in [-0.3, -0.25) is 9.89 Å². The zero-order valence-corrected chi connectivity index (χ0v) is 19.3. The van der Waals surface area contributed by atoms with Gasteiger partial charge in [-0.25, -0.2) is 4.79 Å². The predicted molar refractivity (Wildman–Crippen MR) is 133 cm³/mol. The van der Waals surface area contributed by atoms with Gasteiger partial charge in [-0.2, -0.15) is 5.10 Å². The van der Waals surface area contributed by atoms with Crippen molar-refractivity contribution in [2.24, 2.45) is 5.73 Å². The van der Waals surface area contributed by atoms with E-state index in [2.05, 4.69) is 30.9 Å². The molecule has 6 N–H and O–H groups in total. The summed E-state index contributed by atoms with van der Waals surface area (Å²) in [5.74, 6) is -0.724. The van der Waals surface area contributed by atoms with Crippen molar-refractivity contribution in [1.82, 2.24) is 10.2 Å². The number of benzene rings is 3. The number of ether oxygens (including phenoxy) is 1. The molecule has 0 radical (unpaired) electrons. The van der Waals surface area contributed by atoms with Gasteiger partial charge < -0.3 is 26.4 Å². The van der Waals surface area contributed by atoms with Crippen LogP contribution in [0.25, 0.3) is 11.3 Å². The molecule has 0 aliphatic heterocycles. The topological polar surface area (TPSA) is 134 Å².